The Balaban J connectivity index is 2.88. The molecule has 0 fully saturated rings. The molecule has 0 heterocycles. The molecule has 1 atom stereocenters. The quantitative estimate of drug-likeness (QED) is 0.565. The Bertz CT molecular complexity index is 56.9. The van der Waals surface area contributed by atoms with Crippen LogP contribution in [0.5, 0.6) is 0 Å². The smallest absolute Gasteiger partial charge is 0.0588 e. The second kappa shape index (κ2) is 6.05. The number of hydrogen-bond donors (Lipinski definition) is 1. The van der Waals surface area contributed by atoms with Crippen molar-refractivity contribution in [3.05, 3.63) is 0 Å². The molecule has 1 unspecified atom stereocenters. The Labute approximate surface area is 57.4 Å². The lowest BCUT2D eigenvalue weighted by molar-refractivity contribution is 0.110. The zero-order chi connectivity index (χ0) is 7.11. The van der Waals surface area contributed by atoms with Gasteiger partial charge in [-0.3, -0.25) is 0 Å². The zero-order valence-electron chi connectivity index (χ0n) is 6.39. The maximum absolute atomic E-state index is 5.23. The molecule has 0 aromatic rings. The van der Waals surface area contributed by atoms with E-state index in [1.807, 2.05) is 0 Å². The lowest BCUT2D eigenvalue weighted by Crippen LogP contribution is -2.12. The van der Waals surface area contributed by atoms with Crippen LogP contribution in [0.3, 0.4) is 0 Å². The fourth-order valence-electron chi connectivity index (χ4n) is 0.486. The van der Waals surface area contributed by atoms with Gasteiger partial charge in [-0.25, -0.2) is 0 Å². The van der Waals surface area contributed by atoms with E-state index in [1.165, 1.54) is 6.42 Å². The molecule has 0 spiro atoms. The minimum absolute atomic E-state index is 0.635. The summed E-state index contributed by atoms with van der Waals surface area (Å²) in [6, 6.07) is 0. The Morgan fingerprint density at radius 2 is 2.22 bits per heavy atom. The summed E-state index contributed by atoms with van der Waals surface area (Å²) in [7, 11) is 0. The third-order valence-electron chi connectivity index (χ3n) is 1.36. The molecule has 0 saturated heterocycles. The van der Waals surface area contributed by atoms with Gasteiger partial charge in [-0.2, -0.15) is 0 Å². The molecule has 0 amide bonds. The summed E-state index contributed by atoms with van der Waals surface area (Å²) in [6.07, 6.45) is 1.19. The molecular weight excluding hydrogens is 114 g/mol. The Hall–Kier alpha value is -0.0800. The maximum atomic E-state index is 5.23. The van der Waals surface area contributed by atoms with E-state index in [2.05, 4.69) is 13.8 Å². The summed E-state index contributed by atoms with van der Waals surface area (Å²) in [5.74, 6) is 0.677. The minimum atomic E-state index is 0.635. The van der Waals surface area contributed by atoms with E-state index in [0.29, 0.717) is 19.1 Å². The third-order valence-corrected chi connectivity index (χ3v) is 1.36. The van der Waals surface area contributed by atoms with Crippen LogP contribution in [0.15, 0.2) is 0 Å². The molecular formula is C7H17NO. The van der Waals surface area contributed by atoms with E-state index < -0.39 is 0 Å². The first-order chi connectivity index (χ1) is 4.31. The lowest BCUT2D eigenvalue weighted by Gasteiger charge is -2.07. The van der Waals surface area contributed by atoms with Crippen LogP contribution < -0.4 is 5.73 Å². The molecule has 2 heteroatoms. The highest BCUT2D eigenvalue weighted by atomic mass is 16.5. The van der Waals surface area contributed by atoms with Crippen molar-refractivity contribution in [1.82, 2.24) is 0 Å². The number of ether oxygens (including phenoxy) is 1. The molecule has 2 N–H and O–H groups in total. The van der Waals surface area contributed by atoms with Crippen molar-refractivity contribution in [2.75, 3.05) is 19.8 Å². The van der Waals surface area contributed by atoms with Crippen molar-refractivity contribution < 1.29 is 4.74 Å². The average molecular weight is 131 g/mol. The second-order valence-corrected chi connectivity index (χ2v) is 2.38. The maximum Gasteiger partial charge on any atom is 0.0588 e. The molecule has 0 aromatic carbocycles. The summed E-state index contributed by atoms with van der Waals surface area (Å²) in [5.41, 5.74) is 5.23. The highest BCUT2D eigenvalue weighted by molar-refractivity contribution is 4.45. The van der Waals surface area contributed by atoms with Crippen molar-refractivity contribution in [3.63, 3.8) is 0 Å². The van der Waals surface area contributed by atoms with Crippen LogP contribution in [0, 0.1) is 5.92 Å². The van der Waals surface area contributed by atoms with Crippen molar-refractivity contribution >= 4 is 0 Å². The standard InChI is InChI=1S/C7H17NO/c1-3-7(2)6-9-5-4-8/h7H,3-6,8H2,1-2H3. The second-order valence-electron chi connectivity index (χ2n) is 2.38. The number of hydrogen-bond acceptors (Lipinski definition) is 2. The normalized spacial score (nSPS) is 13.7. The van der Waals surface area contributed by atoms with Gasteiger partial charge in [-0.05, 0) is 5.92 Å². The van der Waals surface area contributed by atoms with Crippen LogP contribution in [-0.4, -0.2) is 19.8 Å². The summed E-state index contributed by atoms with van der Waals surface area (Å²) >= 11 is 0. The Kier molecular flexibility index (Phi) is 5.99. The fourth-order valence-corrected chi connectivity index (χ4v) is 0.486. The van der Waals surface area contributed by atoms with Gasteiger partial charge in [-0.1, -0.05) is 20.3 Å². The number of rotatable bonds is 5. The predicted octanol–water partition coefficient (Wildman–Crippen LogP) is 1.01. The van der Waals surface area contributed by atoms with Gasteiger partial charge in [0.15, 0.2) is 0 Å². The number of nitrogens with two attached hydrogens (primary N) is 1. The van der Waals surface area contributed by atoms with Gasteiger partial charge in [-0.15, -0.1) is 0 Å². The SMILES string of the molecule is CCC(C)COCCN. The Morgan fingerprint density at radius 3 is 2.67 bits per heavy atom. The largest absolute Gasteiger partial charge is 0.380 e. The van der Waals surface area contributed by atoms with E-state index in [9.17, 15) is 0 Å². The van der Waals surface area contributed by atoms with Gasteiger partial charge < -0.3 is 10.5 Å². The first-order valence-corrected chi connectivity index (χ1v) is 3.59. The summed E-state index contributed by atoms with van der Waals surface area (Å²) < 4.78 is 5.21. The molecule has 0 saturated carbocycles. The molecule has 0 rings (SSSR count). The fraction of sp³-hybridized carbons (Fsp3) is 1.00. The van der Waals surface area contributed by atoms with Gasteiger partial charge in [0.2, 0.25) is 0 Å². The molecule has 2 nitrogen and oxygen atoms in total. The van der Waals surface area contributed by atoms with Crippen molar-refractivity contribution in [1.29, 1.82) is 0 Å². The summed E-state index contributed by atoms with van der Waals surface area (Å²) in [5, 5.41) is 0. The molecule has 0 aliphatic rings. The minimum Gasteiger partial charge on any atom is -0.380 e. The van der Waals surface area contributed by atoms with E-state index in [4.69, 9.17) is 10.5 Å². The van der Waals surface area contributed by atoms with Gasteiger partial charge in [0.25, 0.3) is 0 Å². The zero-order valence-corrected chi connectivity index (χ0v) is 6.39. The summed E-state index contributed by atoms with van der Waals surface area (Å²) in [4.78, 5) is 0. The average Bonchev–Trinajstić information content (AvgIpc) is 1.89. The Morgan fingerprint density at radius 1 is 1.56 bits per heavy atom. The van der Waals surface area contributed by atoms with E-state index in [0.717, 1.165) is 6.61 Å². The lowest BCUT2D eigenvalue weighted by atomic mass is 10.1. The first kappa shape index (κ1) is 8.92. The van der Waals surface area contributed by atoms with Crippen LogP contribution in [0.2, 0.25) is 0 Å². The van der Waals surface area contributed by atoms with E-state index in [1.54, 1.807) is 0 Å². The molecule has 9 heavy (non-hydrogen) atoms. The molecule has 0 aliphatic heterocycles. The topological polar surface area (TPSA) is 35.2 Å². The third kappa shape index (κ3) is 5.80. The van der Waals surface area contributed by atoms with Crippen LogP contribution in [0.25, 0.3) is 0 Å². The van der Waals surface area contributed by atoms with Crippen LogP contribution in [-0.2, 0) is 4.74 Å². The first-order valence-electron chi connectivity index (χ1n) is 3.59. The van der Waals surface area contributed by atoms with Crippen LogP contribution in [0.1, 0.15) is 20.3 Å². The van der Waals surface area contributed by atoms with E-state index >= 15 is 0 Å². The van der Waals surface area contributed by atoms with Crippen LogP contribution in [0.4, 0.5) is 0 Å². The molecule has 0 aliphatic carbocycles. The van der Waals surface area contributed by atoms with Crippen molar-refractivity contribution in [3.8, 4) is 0 Å². The van der Waals surface area contributed by atoms with Crippen molar-refractivity contribution in [2.45, 2.75) is 20.3 Å². The molecule has 0 radical (unpaired) electrons. The van der Waals surface area contributed by atoms with Crippen LogP contribution >= 0.6 is 0 Å². The van der Waals surface area contributed by atoms with Gasteiger partial charge in [0, 0.05) is 13.2 Å². The highest BCUT2D eigenvalue weighted by Gasteiger charge is 1.95. The van der Waals surface area contributed by atoms with Gasteiger partial charge >= 0.3 is 0 Å². The predicted molar refractivity (Wildman–Crippen MR) is 39.3 cm³/mol. The monoisotopic (exact) mass is 131 g/mol. The van der Waals surface area contributed by atoms with Gasteiger partial charge in [0.05, 0.1) is 6.61 Å². The highest BCUT2D eigenvalue weighted by Crippen LogP contribution is 1.99. The molecule has 0 aromatic heterocycles. The molecule has 56 valence electrons. The van der Waals surface area contributed by atoms with Crippen molar-refractivity contribution in [2.24, 2.45) is 11.7 Å². The van der Waals surface area contributed by atoms with Gasteiger partial charge in [0.1, 0.15) is 0 Å². The summed E-state index contributed by atoms with van der Waals surface area (Å²) in [6.45, 7) is 6.53. The molecule has 0 bridgehead atoms. The van der Waals surface area contributed by atoms with E-state index in [-0.39, 0.29) is 0 Å².